The Kier molecular flexibility index (Phi) is 4.87. The minimum absolute atomic E-state index is 0.0593. The zero-order chi connectivity index (χ0) is 18.0. The number of hydrogen-bond donors (Lipinski definition) is 0. The number of morpholine rings is 1. The van der Waals surface area contributed by atoms with E-state index < -0.39 is 15.8 Å². The molecule has 9 heteroatoms. The van der Waals surface area contributed by atoms with E-state index in [9.17, 15) is 13.2 Å². The second-order valence-corrected chi connectivity index (χ2v) is 7.58. The number of esters is 1. The SMILES string of the molecule is CCOC(=O)c1cnc2c(N3CCOCC3)nccc2c1S(C)(=O)=O. The summed E-state index contributed by atoms with van der Waals surface area (Å²) in [6.07, 6.45) is 3.85. The molecule has 0 aromatic carbocycles. The molecule has 0 aliphatic carbocycles. The van der Waals surface area contributed by atoms with E-state index in [1.807, 2.05) is 4.90 Å². The Hall–Kier alpha value is -2.26. The maximum Gasteiger partial charge on any atom is 0.341 e. The number of pyridine rings is 2. The number of aromatic nitrogens is 2. The molecular formula is C16H19N3O5S. The van der Waals surface area contributed by atoms with Crippen LogP contribution in [0, 0.1) is 0 Å². The minimum atomic E-state index is -3.68. The average Bonchev–Trinajstić information content (AvgIpc) is 2.60. The van der Waals surface area contributed by atoms with Crippen LogP contribution in [0.1, 0.15) is 17.3 Å². The van der Waals surface area contributed by atoms with E-state index in [4.69, 9.17) is 9.47 Å². The number of rotatable bonds is 4. The number of carbonyl (C=O) groups is 1. The number of carbonyl (C=O) groups excluding carboxylic acids is 1. The summed E-state index contributed by atoms with van der Waals surface area (Å²) in [5.41, 5.74) is 0.383. The van der Waals surface area contributed by atoms with E-state index >= 15 is 0 Å². The standard InChI is InChI=1S/C16H19N3O5S/c1-3-24-16(20)12-10-18-13-11(14(12)25(2,21)22)4-5-17-15(13)19-6-8-23-9-7-19/h4-5,10H,3,6-9H2,1-2H3. The van der Waals surface area contributed by atoms with E-state index in [0.717, 1.165) is 6.26 Å². The van der Waals surface area contributed by atoms with Gasteiger partial charge in [-0.05, 0) is 13.0 Å². The van der Waals surface area contributed by atoms with Crippen molar-refractivity contribution in [2.45, 2.75) is 11.8 Å². The minimum Gasteiger partial charge on any atom is -0.462 e. The summed E-state index contributed by atoms with van der Waals surface area (Å²) >= 11 is 0. The summed E-state index contributed by atoms with van der Waals surface area (Å²) in [5, 5.41) is 0.365. The van der Waals surface area contributed by atoms with Crippen LogP contribution in [0.15, 0.2) is 23.4 Å². The molecule has 2 aromatic heterocycles. The zero-order valence-electron chi connectivity index (χ0n) is 14.1. The first-order valence-electron chi connectivity index (χ1n) is 7.91. The highest BCUT2D eigenvalue weighted by molar-refractivity contribution is 7.91. The van der Waals surface area contributed by atoms with Gasteiger partial charge < -0.3 is 14.4 Å². The molecule has 0 bridgehead atoms. The van der Waals surface area contributed by atoms with Gasteiger partial charge in [-0.25, -0.2) is 18.2 Å². The summed E-state index contributed by atoms with van der Waals surface area (Å²) < 4.78 is 35.1. The smallest absolute Gasteiger partial charge is 0.341 e. The van der Waals surface area contributed by atoms with Crippen molar-refractivity contribution >= 4 is 32.5 Å². The van der Waals surface area contributed by atoms with E-state index in [1.165, 1.54) is 12.4 Å². The van der Waals surface area contributed by atoms with E-state index in [2.05, 4.69) is 9.97 Å². The number of hydrogen-bond acceptors (Lipinski definition) is 8. The van der Waals surface area contributed by atoms with Gasteiger partial charge in [0.2, 0.25) is 0 Å². The lowest BCUT2D eigenvalue weighted by molar-refractivity contribution is 0.0521. The number of fused-ring (bicyclic) bond motifs is 1. The van der Waals surface area contributed by atoms with Crippen molar-refractivity contribution in [2.75, 3.05) is 44.1 Å². The quantitative estimate of drug-likeness (QED) is 0.742. The number of ether oxygens (including phenoxy) is 2. The highest BCUT2D eigenvalue weighted by Crippen LogP contribution is 2.30. The van der Waals surface area contributed by atoms with Crippen molar-refractivity contribution in [3.05, 3.63) is 24.0 Å². The monoisotopic (exact) mass is 365 g/mol. The van der Waals surface area contributed by atoms with Gasteiger partial charge in [0.1, 0.15) is 5.52 Å². The topological polar surface area (TPSA) is 98.7 Å². The molecular weight excluding hydrogens is 346 g/mol. The van der Waals surface area contributed by atoms with Gasteiger partial charge in [-0.15, -0.1) is 0 Å². The third kappa shape index (κ3) is 3.42. The molecule has 0 N–H and O–H groups in total. The normalized spacial score (nSPS) is 15.4. The molecule has 25 heavy (non-hydrogen) atoms. The van der Waals surface area contributed by atoms with Crippen molar-refractivity contribution in [1.29, 1.82) is 0 Å². The fourth-order valence-electron chi connectivity index (χ4n) is 2.85. The lowest BCUT2D eigenvalue weighted by Gasteiger charge is -2.28. The van der Waals surface area contributed by atoms with Crippen LogP contribution in [-0.2, 0) is 19.3 Å². The lowest BCUT2D eigenvalue weighted by Crippen LogP contribution is -2.37. The molecule has 3 rings (SSSR count). The Labute approximate surface area is 145 Å². The molecule has 0 saturated carbocycles. The molecule has 1 saturated heterocycles. The molecule has 0 spiro atoms. The summed E-state index contributed by atoms with van der Waals surface area (Å²) in [6, 6.07) is 1.56. The summed E-state index contributed by atoms with van der Waals surface area (Å²) in [5.74, 6) is -0.122. The first kappa shape index (κ1) is 17.6. The average molecular weight is 365 g/mol. The van der Waals surface area contributed by atoms with Gasteiger partial charge in [-0.2, -0.15) is 0 Å². The summed E-state index contributed by atoms with van der Waals surface area (Å²) in [6.45, 7) is 4.22. The zero-order valence-corrected chi connectivity index (χ0v) is 14.9. The Morgan fingerprint density at radius 3 is 2.68 bits per heavy atom. The number of anilines is 1. The van der Waals surface area contributed by atoms with Gasteiger partial charge in [-0.3, -0.25) is 4.98 Å². The highest BCUT2D eigenvalue weighted by Gasteiger charge is 2.26. The molecule has 1 aliphatic rings. The molecule has 3 heterocycles. The maximum atomic E-state index is 12.4. The van der Waals surface area contributed by atoms with Gasteiger partial charge in [0, 0.05) is 37.1 Å². The van der Waals surface area contributed by atoms with Gasteiger partial charge >= 0.3 is 5.97 Å². The number of sulfone groups is 1. The van der Waals surface area contributed by atoms with Crippen molar-refractivity contribution < 1.29 is 22.7 Å². The van der Waals surface area contributed by atoms with E-state index in [-0.39, 0.29) is 17.1 Å². The largest absolute Gasteiger partial charge is 0.462 e. The first-order valence-corrected chi connectivity index (χ1v) is 9.80. The van der Waals surface area contributed by atoms with Crippen LogP contribution in [0.5, 0.6) is 0 Å². The Morgan fingerprint density at radius 1 is 1.32 bits per heavy atom. The third-order valence-corrected chi connectivity index (χ3v) is 5.08. The Bertz CT molecular complexity index is 907. The molecule has 0 atom stereocenters. The molecule has 1 aliphatic heterocycles. The fraction of sp³-hybridized carbons (Fsp3) is 0.438. The summed E-state index contributed by atoms with van der Waals surface area (Å²) in [7, 11) is -3.68. The predicted molar refractivity (Wildman–Crippen MR) is 91.6 cm³/mol. The van der Waals surface area contributed by atoms with E-state index in [0.29, 0.717) is 43.0 Å². The van der Waals surface area contributed by atoms with Gasteiger partial charge in [0.05, 0.1) is 30.3 Å². The fourth-order valence-corrected chi connectivity index (χ4v) is 3.95. The lowest BCUT2D eigenvalue weighted by atomic mass is 10.1. The second-order valence-electron chi connectivity index (χ2n) is 5.62. The van der Waals surface area contributed by atoms with Crippen LogP contribution in [0.4, 0.5) is 5.82 Å². The number of nitrogens with zero attached hydrogens (tertiary/aromatic N) is 3. The molecule has 0 radical (unpaired) electrons. The Morgan fingerprint density at radius 2 is 2.04 bits per heavy atom. The van der Waals surface area contributed by atoms with Gasteiger partial charge in [0.15, 0.2) is 15.7 Å². The van der Waals surface area contributed by atoms with Crippen LogP contribution < -0.4 is 4.90 Å². The van der Waals surface area contributed by atoms with Gasteiger partial charge in [0.25, 0.3) is 0 Å². The molecule has 8 nitrogen and oxygen atoms in total. The van der Waals surface area contributed by atoms with Crippen LogP contribution in [0.25, 0.3) is 10.9 Å². The predicted octanol–water partition coefficient (Wildman–Crippen LogP) is 1.05. The van der Waals surface area contributed by atoms with E-state index in [1.54, 1.807) is 13.0 Å². The van der Waals surface area contributed by atoms with Crippen molar-refractivity contribution in [3.63, 3.8) is 0 Å². The van der Waals surface area contributed by atoms with Crippen LogP contribution >= 0.6 is 0 Å². The Balaban J connectivity index is 2.24. The molecule has 134 valence electrons. The van der Waals surface area contributed by atoms with Crippen molar-refractivity contribution in [1.82, 2.24) is 9.97 Å². The van der Waals surface area contributed by atoms with Crippen LogP contribution in [-0.4, -0.2) is 63.5 Å². The maximum absolute atomic E-state index is 12.4. The molecule has 2 aromatic rings. The van der Waals surface area contributed by atoms with Gasteiger partial charge in [-0.1, -0.05) is 0 Å². The van der Waals surface area contributed by atoms with Crippen LogP contribution in [0.3, 0.4) is 0 Å². The molecule has 1 fully saturated rings. The molecule has 0 unspecified atom stereocenters. The highest BCUT2D eigenvalue weighted by atomic mass is 32.2. The second kappa shape index (κ2) is 6.93. The van der Waals surface area contributed by atoms with Crippen molar-refractivity contribution in [3.8, 4) is 0 Å². The first-order chi connectivity index (χ1) is 11.9. The summed E-state index contributed by atoms with van der Waals surface area (Å²) in [4.78, 5) is 22.8. The molecule has 0 amide bonds. The van der Waals surface area contributed by atoms with Crippen molar-refractivity contribution in [2.24, 2.45) is 0 Å². The van der Waals surface area contributed by atoms with Crippen LogP contribution in [0.2, 0.25) is 0 Å². The third-order valence-electron chi connectivity index (χ3n) is 3.89.